The van der Waals surface area contributed by atoms with E-state index in [1.807, 2.05) is 12.1 Å². The van der Waals surface area contributed by atoms with Crippen molar-refractivity contribution in [1.82, 2.24) is 0 Å². The highest BCUT2D eigenvalue weighted by molar-refractivity contribution is 5.33. The van der Waals surface area contributed by atoms with Crippen molar-refractivity contribution in [3.63, 3.8) is 0 Å². The molecule has 27 heavy (non-hydrogen) atoms. The van der Waals surface area contributed by atoms with Crippen LogP contribution in [-0.4, -0.2) is 6.61 Å². The maximum absolute atomic E-state index is 14.5. The van der Waals surface area contributed by atoms with Crippen molar-refractivity contribution in [1.29, 1.82) is 0 Å². The Bertz CT molecular complexity index is 821. The monoisotopic (exact) mass is 374 g/mol. The molecule has 1 heterocycles. The summed E-state index contributed by atoms with van der Waals surface area (Å²) in [6.07, 6.45) is 4.68. The summed E-state index contributed by atoms with van der Waals surface area (Å²) in [5.41, 5.74) is 2.57. The molecule has 0 bridgehead atoms. The molecular weight excluding hydrogens is 349 g/mol. The van der Waals surface area contributed by atoms with Crippen molar-refractivity contribution in [2.75, 3.05) is 6.61 Å². The van der Waals surface area contributed by atoms with Crippen LogP contribution in [0, 0.1) is 17.5 Å². The van der Waals surface area contributed by atoms with Gasteiger partial charge in [-0.1, -0.05) is 37.6 Å². The van der Waals surface area contributed by atoms with Gasteiger partial charge in [0.05, 0.1) is 6.61 Å². The molecule has 144 valence electrons. The maximum atomic E-state index is 14.5. The summed E-state index contributed by atoms with van der Waals surface area (Å²) < 4.78 is 48.4. The summed E-state index contributed by atoms with van der Waals surface area (Å²) in [6, 6.07) is 8.94. The smallest absolute Gasteiger partial charge is 0.165 e. The first-order valence-corrected chi connectivity index (χ1v) is 9.96. The molecule has 1 nitrogen and oxygen atoms in total. The number of hydrogen-bond donors (Lipinski definition) is 0. The highest BCUT2D eigenvalue weighted by atomic mass is 19.2. The van der Waals surface area contributed by atoms with Crippen LogP contribution in [0.1, 0.15) is 79.2 Å². The van der Waals surface area contributed by atoms with Gasteiger partial charge in [0.25, 0.3) is 0 Å². The third-order valence-corrected chi connectivity index (χ3v) is 6.03. The zero-order valence-electron chi connectivity index (χ0n) is 15.6. The number of ether oxygens (including phenoxy) is 1. The van der Waals surface area contributed by atoms with Gasteiger partial charge in [-0.15, -0.1) is 0 Å². The first-order chi connectivity index (χ1) is 13.1. The summed E-state index contributed by atoms with van der Waals surface area (Å²) in [4.78, 5) is 0. The maximum Gasteiger partial charge on any atom is 0.165 e. The van der Waals surface area contributed by atoms with E-state index in [0.717, 1.165) is 49.7 Å². The van der Waals surface area contributed by atoms with Gasteiger partial charge < -0.3 is 4.74 Å². The standard InChI is InChI=1S/C23H25F3O/c1-2-3-14-4-9-17(20(24)12-14)15-5-7-16(8-6-15)18-10-11-19(21-13-27-21)23(26)22(18)25/h4,9-12,15-16,21H,2-3,5-8,13H2,1H3. The Hall–Kier alpha value is -1.81. The first-order valence-electron chi connectivity index (χ1n) is 9.96. The van der Waals surface area contributed by atoms with Crippen LogP contribution in [-0.2, 0) is 11.2 Å². The SMILES string of the molecule is CCCc1ccc(C2CCC(c3ccc(C4CO4)c(F)c3F)CC2)c(F)c1. The van der Waals surface area contributed by atoms with Gasteiger partial charge in [0.1, 0.15) is 11.9 Å². The molecule has 2 aromatic rings. The van der Waals surface area contributed by atoms with E-state index in [0.29, 0.717) is 17.7 Å². The van der Waals surface area contributed by atoms with Gasteiger partial charge in [0.15, 0.2) is 11.6 Å². The van der Waals surface area contributed by atoms with E-state index < -0.39 is 11.6 Å². The normalized spacial score (nSPS) is 24.8. The second-order valence-electron chi connectivity index (χ2n) is 7.85. The number of epoxide rings is 1. The number of benzene rings is 2. The molecule has 1 aliphatic carbocycles. The van der Waals surface area contributed by atoms with E-state index in [4.69, 9.17) is 4.74 Å². The Labute approximate surface area is 158 Å². The Morgan fingerprint density at radius 3 is 2.00 bits per heavy atom. The quantitative estimate of drug-likeness (QED) is 0.539. The van der Waals surface area contributed by atoms with Gasteiger partial charge in [-0.3, -0.25) is 0 Å². The number of rotatable bonds is 5. The molecule has 4 heteroatoms. The number of aryl methyl sites for hydroxylation is 1. The molecule has 4 rings (SSSR count). The van der Waals surface area contributed by atoms with Crippen molar-refractivity contribution in [2.45, 2.75) is 63.4 Å². The average Bonchev–Trinajstić information content (AvgIpc) is 3.50. The summed E-state index contributed by atoms with van der Waals surface area (Å²) in [5.74, 6) is -1.48. The minimum Gasteiger partial charge on any atom is -0.368 e. The average molecular weight is 374 g/mol. The van der Waals surface area contributed by atoms with Crippen LogP contribution in [0.25, 0.3) is 0 Å². The molecule has 2 aromatic carbocycles. The lowest BCUT2D eigenvalue weighted by Crippen LogP contribution is -2.15. The Morgan fingerprint density at radius 2 is 1.41 bits per heavy atom. The van der Waals surface area contributed by atoms with E-state index in [-0.39, 0.29) is 23.8 Å². The fraction of sp³-hybridized carbons (Fsp3) is 0.478. The summed E-state index contributed by atoms with van der Waals surface area (Å²) in [5, 5.41) is 0. The first kappa shape index (κ1) is 18.5. The summed E-state index contributed by atoms with van der Waals surface area (Å²) in [7, 11) is 0. The molecule has 1 aliphatic heterocycles. The highest BCUT2D eigenvalue weighted by Crippen LogP contribution is 2.43. The van der Waals surface area contributed by atoms with Gasteiger partial charge >= 0.3 is 0 Å². The molecular formula is C23H25F3O. The van der Waals surface area contributed by atoms with Crippen LogP contribution in [0.15, 0.2) is 30.3 Å². The lowest BCUT2D eigenvalue weighted by molar-refractivity contribution is 0.370. The van der Waals surface area contributed by atoms with Crippen LogP contribution in [0.5, 0.6) is 0 Å². The van der Waals surface area contributed by atoms with Gasteiger partial charge in [0, 0.05) is 5.56 Å². The van der Waals surface area contributed by atoms with Gasteiger partial charge in [-0.2, -0.15) is 0 Å². The summed E-state index contributed by atoms with van der Waals surface area (Å²) >= 11 is 0. The lowest BCUT2D eigenvalue weighted by atomic mass is 9.75. The molecule has 0 amide bonds. The predicted octanol–water partition coefficient (Wildman–Crippen LogP) is 6.57. The van der Waals surface area contributed by atoms with Crippen molar-refractivity contribution >= 4 is 0 Å². The third kappa shape index (κ3) is 3.77. The van der Waals surface area contributed by atoms with Crippen LogP contribution in [0.4, 0.5) is 13.2 Å². The lowest BCUT2D eigenvalue weighted by Gasteiger charge is -2.30. The van der Waals surface area contributed by atoms with Crippen LogP contribution >= 0.6 is 0 Å². The number of halogens is 3. The molecule has 0 radical (unpaired) electrons. The van der Waals surface area contributed by atoms with E-state index >= 15 is 0 Å². The van der Waals surface area contributed by atoms with Crippen LogP contribution in [0.3, 0.4) is 0 Å². The number of hydrogen-bond acceptors (Lipinski definition) is 1. The molecule has 1 unspecified atom stereocenters. The largest absolute Gasteiger partial charge is 0.368 e. The molecule has 1 saturated heterocycles. The van der Waals surface area contributed by atoms with E-state index in [9.17, 15) is 13.2 Å². The fourth-order valence-electron chi connectivity index (χ4n) is 4.43. The highest BCUT2D eigenvalue weighted by Gasteiger charge is 2.32. The van der Waals surface area contributed by atoms with Crippen molar-refractivity contribution in [3.05, 3.63) is 70.0 Å². The topological polar surface area (TPSA) is 12.5 Å². The zero-order chi connectivity index (χ0) is 19.0. The van der Waals surface area contributed by atoms with Gasteiger partial charge in [-0.25, -0.2) is 13.2 Å². The predicted molar refractivity (Wildman–Crippen MR) is 99.4 cm³/mol. The Balaban J connectivity index is 1.45. The Morgan fingerprint density at radius 1 is 0.852 bits per heavy atom. The van der Waals surface area contributed by atoms with Crippen LogP contribution < -0.4 is 0 Å². The molecule has 1 saturated carbocycles. The van der Waals surface area contributed by atoms with Crippen LogP contribution in [0.2, 0.25) is 0 Å². The van der Waals surface area contributed by atoms with E-state index in [1.54, 1.807) is 18.2 Å². The second kappa shape index (κ2) is 7.67. The van der Waals surface area contributed by atoms with Gasteiger partial charge in [0.2, 0.25) is 0 Å². The molecule has 0 N–H and O–H groups in total. The molecule has 2 fully saturated rings. The Kier molecular flexibility index (Phi) is 5.27. The molecule has 0 spiro atoms. The fourth-order valence-corrected chi connectivity index (χ4v) is 4.43. The molecule has 0 aromatic heterocycles. The minimum absolute atomic E-state index is 0.00709. The van der Waals surface area contributed by atoms with Crippen molar-refractivity contribution in [2.24, 2.45) is 0 Å². The molecule has 1 atom stereocenters. The van der Waals surface area contributed by atoms with Gasteiger partial charge in [-0.05, 0) is 66.7 Å². The molecule has 2 aliphatic rings. The van der Waals surface area contributed by atoms with E-state index in [1.165, 1.54) is 0 Å². The zero-order valence-corrected chi connectivity index (χ0v) is 15.6. The van der Waals surface area contributed by atoms with Crippen molar-refractivity contribution < 1.29 is 17.9 Å². The third-order valence-electron chi connectivity index (χ3n) is 6.03. The second-order valence-corrected chi connectivity index (χ2v) is 7.85. The van der Waals surface area contributed by atoms with Crippen molar-refractivity contribution in [3.8, 4) is 0 Å². The van der Waals surface area contributed by atoms with E-state index in [2.05, 4.69) is 6.92 Å². The minimum atomic E-state index is -0.769. The summed E-state index contributed by atoms with van der Waals surface area (Å²) in [6.45, 7) is 2.54.